The summed E-state index contributed by atoms with van der Waals surface area (Å²) >= 11 is 0. The number of amides is 1. The summed E-state index contributed by atoms with van der Waals surface area (Å²) in [7, 11) is 0. The predicted octanol–water partition coefficient (Wildman–Crippen LogP) is 0.209. The average Bonchev–Trinajstić information content (AvgIpc) is 2.97. The average molecular weight is 278 g/mol. The van der Waals surface area contributed by atoms with E-state index in [1.165, 1.54) is 18.5 Å². The topological polar surface area (TPSA) is 59.4 Å². The highest BCUT2D eigenvalue weighted by molar-refractivity contribution is 5.76. The summed E-state index contributed by atoms with van der Waals surface area (Å²) in [5.41, 5.74) is 1.18. The third-order valence-electron chi connectivity index (χ3n) is 4.11. The van der Waals surface area contributed by atoms with Crippen LogP contribution in [0.25, 0.3) is 0 Å². The van der Waals surface area contributed by atoms with E-state index in [1.807, 2.05) is 15.6 Å². The number of hydrogen-bond donors (Lipinski definition) is 1. The van der Waals surface area contributed by atoms with Crippen molar-refractivity contribution in [1.29, 1.82) is 0 Å². The molecule has 110 valence electrons. The number of nitrogens with zero attached hydrogens (tertiary/aromatic N) is 3. The molecule has 2 fully saturated rings. The van der Waals surface area contributed by atoms with E-state index < -0.39 is 0 Å². The van der Waals surface area contributed by atoms with Crippen LogP contribution in [0, 0.1) is 0 Å². The van der Waals surface area contributed by atoms with E-state index in [0.717, 1.165) is 13.1 Å². The lowest BCUT2D eigenvalue weighted by Gasteiger charge is -2.28. The summed E-state index contributed by atoms with van der Waals surface area (Å²) in [6, 6.07) is 2.05. The maximum atomic E-state index is 12.3. The van der Waals surface area contributed by atoms with Crippen LogP contribution in [0.1, 0.15) is 24.5 Å². The van der Waals surface area contributed by atoms with Gasteiger partial charge in [0.25, 0.3) is 0 Å². The van der Waals surface area contributed by atoms with Gasteiger partial charge in [-0.25, -0.2) is 0 Å². The molecule has 1 N–H and O–H groups in total. The second-order valence-electron chi connectivity index (χ2n) is 5.45. The number of carbonyl (C=O) groups is 1. The van der Waals surface area contributed by atoms with Gasteiger partial charge >= 0.3 is 0 Å². The van der Waals surface area contributed by atoms with E-state index in [-0.39, 0.29) is 5.91 Å². The van der Waals surface area contributed by atoms with E-state index in [0.29, 0.717) is 38.8 Å². The molecular formula is C14H22N4O2. The molecule has 0 saturated carbocycles. The molecule has 1 aromatic rings. The van der Waals surface area contributed by atoms with Crippen LogP contribution >= 0.6 is 0 Å². The number of morpholine rings is 1. The third-order valence-corrected chi connectivity index (χ3v) is 4.11. The number of piperidine rings is 1. The molecule has 0 unspecified atom stereocenters. The zero-order valence-corrected chi connectivity index (χ0v) is 11.8. The Morgan fingerprint density at radius 3 is 3.05 bits per heavy atom. The number of ether oxygens (including phenoxy) is 1. The number of rotatable bonds is 3. The summed E-state index contributed by atoms with van der Waals surface area (Å²) in [5.74, 6) is 0.616. The Hall–Kier alpha value is -1.40. The first-order valence-corrected chi connectivity index (χ1v) is 7.42. The molecule has 0 spiro atoms. The van der Waals surface area contributed by atoms with Crippen LogP contribution in [0.5, 0.6) is 0 Å². The predicted molar refractivity (Wildman–Crippen MR) is 74.5 cm³/mol. The normalized spacial score (nSPS) is 23.8. The van der Waals surface area contributed by atoms with Crippen molar-refractivity contribution in [2.45, 2.75) is 25.3 Å². The van der Waals surface area contributed by atoms with Crippen LogP contribution < -0.4 is 5.32 Å². The number of carbonyl (C=O) groups excluding carboxylic acids is 1. The largest absolute Gasteiger partial charge is 0.378 e. The van der Waals surface area contributed by atoms with Crippen LogP contribution in [0.4, 0.5) is 0 Å². The van der Waals surface area contributed by atoms with Gasteiger partial charge in [-0.2, -0.15) is 5.10 Å². The molecule has 0 aliphatic carbocycles. The summed E-state index contributed by atoms with van der Waals surface area (Å²) in [6.07, 6.45) is 4.16. The lowest BCUT2D eigenvalue weighted by atomic mass is 9.96. The number of hydrogen-bond acceptors (Lipinski definition) is 4. The highest BCUT2D eigenvalue weighted by Gasteiger charge is 2.22. The molecule has 3 heterocycles. The summed E-state index contributed by atoms with van der Waals surface area (Å²) in [5, 5.41) is 7.75. The molecule has 1 aromatic heterocycles. The Morgan fingerprint density at radius 2 is 2.30 bits per heavy atom. The zero-order chi connectivity index (χ0) is 13.8. The van der Waals surface area contributed by atoms with Crippen LogP contribution in [-0.2, 0) is 16.1 Å². The van der Waals surface area contributed by atoms with Crippen molar-refractivity contribution in [2.75, 3.05) is 39.4 Å². The van der Waals surface area contributed by atoms with Crippen LogP contribution in [0.3, 0.4) is 0 Å². The first-order chi connectivity index (χ1) is 9.84. The van der Waals surface area contributed by atoms with Crippen molar-refractivity contribution < 1.29 is 9.53 Å². The Bertz CT molecular complexity index is 448. The van der Waals surface area contributed by atoms with Gasteiger partial charge in [0, 0.05) is 37.4 Å². The van der Waals surface area contributed by atoms with Gasteiger partial charge in [-0.3, -0.25) is 9.48 Å². The zero-order valence-electron chi connectivity index (χ0n) is 11.8. The number of nitrogens with one attached hydrogen (secondary N) is 1. The minimum Gasteiger partial charge on any atom is -0.378 e. The van der Waals surface area contributed by atoms with Crippen LogP contribution in [0.2, 0.25) is 0 Å². The Labute approximate surface area is 119 Å². The second kappa shape index (κ2) is 6.37. The Kier molecular flexibility index (Phi) is 4.32. The third kappa shape index (κ3) is 3.02. The lowest BCUT2D eigenvalue weighted by molar-refractivity contribution is -0.136. The molecular weight excluding hydrogens is 256 g/mol. The van der Waals surface area contributed by atoms with E-state index >= 15 is 0 Å². The van der Waals surface area contributed by atoms with Crippen molar-refractivity contribution in [3.8, 4) is 0 Å². The minimum atomic E-state index is 0.141. The van der Waals surface area contributed by atoms with Crippen molar-refractivity contribution in [3.05, 3.63) is 18.0 Å². The van der Waals surface area contributed by atoms with Crippen molar-refractivity contribution in [3.63, 3.8) is 0 Å². The first-order valence-electron chi connectivity index (χ1n) is 7.42. The quantitative estimate of drug-likeness (QED) is 0.858. The van der Waals surface area contributed by atoms with Gasteiger partial charge in [-0.15, -0.1) is 0 Å². The van der Waals surface area contributed by atoms with Gasteiger partial charge in [0.2, 0.25) is 5.91 Å². The molecule has 1 atom stereocenters. The fourth-order valence-corrected chi connectivity index (χ4v) is 2.97. The molecule has 6 nitrogen and oxygen atoms in total. The van der Waals surface area contributed by atoms with E-state index in [9.17, 15) is 4.79 Å². The van der Waals surface area contributed by atoms with Gasteiger partial charge in [0.05, 0.1) is 13.2 Å². The molecule has 0 radical (unpaired) electrons. The van der Waals surface area contributed by atoms with Crippen LogP contribution in [0.15, 0.2) is 12.3 Å². The fraction of sp³-hybridized carbons (Fsp3) is 0.714. The first kappa shape index (κ1) is 13.6. The highest BCUT2D eigenvalue weighted by atomic mass is 16.5. The van der Waals surface area contributed by atoms with E-state index in [2.05, 4.69) is 10.4 Å². The minimum absolute atomic E-state index is 0.141. The Balaban J connectivity index is 1.65. The molecule has 20 heavy (non-hydrogen) atoms. The fourth-order valence-electron chi connectivity index (χ4n) is 2.97. The van der Waals surface area contributed by atoms with Crippen LogP contribution in [-0.4, -0.2) is 60.0 Å². The summed E-state index contributed by atoms with van der Waals surface area (Å²) < 4.78 is 7.15. The molecule has 0 aromatic carbocycles. The smallest absolute Gasteiger partial charge is 0.244 e. The lowest BCUT2D eigenvalue weighted by Crippen LogP contribution is -2.42. The molecule has 2 aliphatic rings. The molecule has 0 bridgehead atoms. The van der Waals surface area contributed by atoms with E-state index in [1.54, 1.807) is 6.20 Å². The van der Waals surface area contributed by atoms with Crippen molar-refractivity contribution >= 4 is 5.91 Å². The molecule has 2 saturated heterocycles. The van der Waals surface area contributed by atoms with Crippen molar-refractivity contribution in [2.24, 2.45) is 0 Å². The van der Waals surface area contributed by atoms with E-state index in [4.69, 9.17) is 4.74 Å². The van der Waals surface area contributed by atoms with Gasteiger partial charge in [-0.1, -0.05) is 0 Å². The highest BCUT2D eigenvalue weighted by Crippen LogP contribution is 2.22. The summed E-state index contributed by atoms with van der Waals surface area (Å²) in [4.78, 5) is 14.2. The van der Waals surface area contributed by atoms with Gasteiger partial charge < -0.3 is 15.0 Å². The van der Waals surface area contributed by atoms with Gasteiger partial charge in [0.1, 0.15) is 6.54 Å². The van der Waals surface area contributed by atoms with Gasteiger partial charge in [-0.05, 0) is 25.5 Å². The maximum absolute atomic E-state index is 12.3. The monoisotopic (exact) mass is 278 g/mol. The SMILES string of the molecule is O=C(Cn1nccc1[C@@H]1CCCNC1)N1CCOCC1. The molecule has 6 heteroatoms. The number of aromatic nitrogens is 2. The molecule has 2 aliphatic heterocycles. The molecule has 1 amide bonds. The van der Waals surface area contributed by atoms with Gasteiger partial charge in [0.15, 0.2) is 0 Å². The molecule has 3 rings (SSSR count). The maximum Gasteiger partial charge on any atom is 0.244 e. The van der Waals surface area contributed by atoms with Crippen molar-refractivity contribution in [1.82, 2.24) is 20.0 Å². The Morgan fingerprint density at radius 1 is 1.45 bits per heavy atom. The second-order valence-corrected chi connectivity index (χ2v) is 5.45. The summed E-state index contributed by atoms with van der Waals surface area (Å²) in [6.45, 7) is 5.10. The standard InChI is InChI=1S/C14H22N4O2/c19-14(17-6-8-20-9-7-17)11-18-13(3-5-16-18)12-2-1-4-15-10-12/h3,5,12,15H,1-2,4,6-11H2/t12-/m1/s1.